The van der Waals surface area contributed by atoms with Gasteiger partial charge in [0.05, 0.1) is 12.2 Å². The smallest absolute Gasteiger partial charge is 0.348 e. The standard InChI is InChI=1S/C23H17F2N5O2S2/c1-2-32-22(31)19-18(17(11-26)20(27)34-19)12-33-23-29-28-21(13-3-5-14(24)6-4-13)30(23)16-9-7-15(25)8-10-16/h3-10H,2,12,27H2,1H3. The number of thiophene rings is 1. The van der Waals surface area contributed by atoms with Gasteiger partial charge in [-0.3, -0.25) is 4.57 Å². The summed E-state index contributed by atoms with van der Waals surface area (Å²) in [4.78, 5) is 12.7. The Kier molecular flexibility index (Phi) is 6.90. The SMILES string of the molecule is CCOC(=O)c1sc(N)c(C#N)c1CSc1nnc(-c2ccc(F)cc2)n1-c1ccc(F)cc1. The third kappa shape index (κ3) is 4.64. The third-order valence-electron chi connectivity index (χ3n) is 4.77. The number of hydrogen-bond acceptors (Lipinski definition) is 8. The number of hydrogen-bond donors (Lipinski definition) is 1. The summed E-state index contributed by atoms with van der Waals surface area (Å²) in [6.45, 7) is 1.88. The second-order valence-corrected chi connectivity index (χ2v) is 8.89. The van der Waals surface area contributed by atoms with E-state index in [0.717, 1.165) is 11.3 Å². The molecule has 0 aliphatic rings. The van der Waals surface area contributed by atoms with Crippen LogP contribution in [0.3, 0.4) is 0 Å². The van der Waals surface area contributed by atoms with E-state index in [9.17, 15) is 18.8 Å². The number of nitrogen functional groups attached to an aromatic ring is 1. The number of carbonyl (C=O) groups excluding carboxylic acids is 1. The van der Waals surface area contributed by atoms with Gasteiger partial charge in [0.15, 0.2) is 11.0 Å². The van der Waals surface area contributed by atoms with Crippen LogP contribution in [0.25, 0.3) is 17.1 Å². The monoisotopic (exact) mass is 497 g/mol. The molecular formula is C23H17F2N5O2S2. The predicted molar refractivity (Wildman–Crippen MR) is 126 cm³/mol. The minimum Gasteiger partial charge on any atom is -0.462 e. The highest BCUT2D eigenvalue weighted by Gasteiger charge is 2.24. The van der Waals surface area contributed by atoms with Gasteiger partial charge < -0.3 is 10.5 Å². The van der Waals surface area contributed by atoms with Crippen molar-refractivity contribution in [2.75, 3.05) is 12.3 Å². The van der Waals surface area contributed by atoms with Gasteiger partial charge in [-0.05, 0) is 55.5 Å². The zero-order chi connectivity index (χ0) is 24.2. The minimum atomic E-state index is -0.552. The Bertz CT molecular complexity index is 1380. The number of esters is 1. The van der Waals surface area contributed by atoms with Crippen LogP contribution in [0.5, 0.6) is 0 Å². The molecule has 0 unspecified atom stereocenters. The number of thioether (sulfide) groups is 1. The molecular weight excluding hydrogens is 480 g/mol. The molecule has 11 heteroatoms. The molecule has 0 bridgehead atoms. The lowest BCUT2D eigenvalue weighted by Gasteiger charge is -2.11. The van der Waals surface area contributed by atoms with E-state index in [2.05, 4.69) is 16.3 Å². The first kappa shape index (κ1) is 23.4. The first-order valence-electron chi connectivity index (χ1n) is 10.0. The van der Waals surface area contributed by atoms with E-state index < -0.39 is 17.6 Å². The first-order chi connectivity index (χ1) is 16.4. The quantitative estimate of drug-likeness (QED) is 0.276. The maximum absolute atomic E-state index is 13.6. The largest absolute Gasteiger partial charge is 0.462 e. The van der Waals surface area contributed by atoms with E-state index in [1.807, 2.05) is 0 Å². The fraction of sp³-hybridized carbons (Fsp3) is 0.130. The average Bonchev–Trinajstić information content (AvgIpc) is 3.39. The first-order valence-corrected chi connectivity index (χ1v) is 11.8. The van der Waals surface area contributed by atoms with Crippen LogP contribution in [0, 0.1) is 23.0 Å². The Labute approximate surface area is 201 Å². The molecule has 0 aliphatic carbocycles. The normalized spacial score (nSPS) is 10.8. The number of aromatic nitrogens is 3. The summed E-state index contributed by atoms with van der Waals surface area (Å²) in [6.07, 6.45) is 0. The Morgan fingerprint density at radius 3 is 2.41 bits per heavy atom. The van der Waals surface area contributed by atoms with Crippen molar-refractivity contribution in [3.05, 3.63) is 76.2 Å². The number of nitrogens with zero attached hydrogens (tertiary/aromatic N) is 4. The van der Waals surface area contributed by atoms with E-state index in [-0.39, 0.29) is 27.8 Å². The molecule has 2 heterocycles. The average molecular weight is 498 g/mol. The molecule has 0 amide bonds. The molecule has 2 aromatic heterocycles. The maximum Gasteiger partial charge on any atom is 0.348 e. The number of carbonyl (C=O) groups is 1. The molecule has 2 N–H and O–H groups in total. The molecule has 4 rings (SSSR count). The van der Waals surface area contributed by atoms with Crippen molar-refractivity contribution in [3.63, 3.8) is 0 Å². The summed E-state index contributed by atoms with van der Waals surface area (Å²) in [5.74, 6) is -0.737. The van der Waals surface area contributed by atoms with Crippen molar-refractivity contribution in [2.45, 2.75) is 17.8 Å². The predicted octanol–water partition coefficient (Wildman–Crippen LogP) is 5.20. The lowest BCUT2D eigenvalue weighted by Crippen LogP contribution is -2.06. The van der Waals surface area contributed by atoms with Gasteiger partial charge in [0.2, 0.25) is 0 Å². The van der Waals surface area contributed by atoms with E-state index >= 15 is 0 Å². The Balaban J connectivity index is 1.75. The summed E-state index contributed by atoms with van der Waals surface area (Å²) in [7, 11) is 0. The summed E-state index contributed by atoms with van der Waals surface area (Å²) in [5, 5.41) is 18.7. The molecule has 0 atom stereocenters. The second-order valence-electron chi connectivity index (χ2n) is 6.89. The van der Waals surface area contributed by atoms with Crippen molar-refractivity contribution < 1.29 is 18.3 Å². The number of nitriles is 1. The molecule has 34 heavy (non-hydrogen) atoms. The van der Waals surface area contributed by atoms with Gasteiger partial charge in [-0.1, -0.05) is 11.8 Å². The Morgan fingerprint density at radius 1 is 1.15 bits per heavy atom. The lowest BCUT2D eigenvalue weighted by molar-refractivity contribution is 0.0531. The molecule has 7 nitrogen and oxygen atoms in total. The third-order valence-corrected chi connectivity index (χ3v) is 6.77. The Morgan fingerprint density at radius 2 is 1.79 bits per heavy atom. The summed E-state index contributed by atoms with van der Waals surface area (Å²) in [5.41, 5.74) is 7.82. The van der Waals surface area contributed by atoms with Gasteiger partial charge in [-0.15, -0.1) is 21.5 Å². The summed E-state index contributed by atoms with van der Waals surface area (Å²) >= 11 is 2.23. The van der Waals surface area contributed by atoms with E-state index in [1.165, 1.54) is 36.0 Å². The maximum atomic E-state index is 13.6. The van der Waals surface area contributed by atoms with Gasteiger partial charge >= 0.3 is 5.97 Å². The van der Waals surface area contributed by atoms with Gasteiger partial charge in [-0.25, -0.2) is 13.6 Å². The van der Waals surface area contributed by atoms with Crippen molar-refractivity contribution in [3.8, 4) is 23.1 Å². The summed E-state index contributed by atoms with van der Waals surface area (Å²) in [6, 6.07) is 13.6. The van der Waals surface area contributed by atoms with Crippen LogP contribution >= 0.6 is 23.1 Å². The topological polar surface area (TPSA) is 107 Å². The highest BCUT2D eigenvalue weighted by atomic mass is 32.2. The molecule has 2 aromatic carbocycles. The molecule has 0 radical (unpaired) electrons. The highest BCUT2D eigenvalue weighted by molar-refractivity contribution is 7.98. The number of halogens is 2. The van der Waals surface area contributed by atoms with Crippen molar-refractivity contribution in [2.24, 2.45) is 0 Å². The number of benzene rings is 2. The van der Waals surface area contributed by atoms with Crippen LogP contribution in [0.4, 0.5) is 13.8 Å². The van der Waals surface area contributed by atoms with E-state index in [0.29, 0.717) is 27.8 Å². The molecule has 0 fully saturated rings. The fourth-order valence-electron chi connectivity index (χ4n) is 3.22. The molecule has 0 spiro atoms. The number of nitrogens with two attached hydrogens (primary N) is 1. The molecule has 0 saturated heterocycles. The summed E-state index contributed by atoms with van der Waals surface area (Å²) < 4.78 is 33.8. The highest BCUT2D eigenvalue weighted by Crippen LogP contribution is 2.36. The van der Waals surface area contributed by atoms with Crippen LogP contribution in [0.15, 0.2) is 53.7 Å². The van der Waals surface area contributed by atoms with Crippen molar-refractivity contribution >= 4 is 34.1 Å². The molecule has 0 aliphatic heterocycles. The van der Waals surface area contributed by atoms with E-state index in [4.69, 9.17) is 10.5 Å². The lowest BCUT2D eigenvalue weighted by atomic mass is 10.2. The molecule has 4 aromatic rings. The van der Waals surface area contributed by atoms with Crippen LogP contribution in [-0.4, -0.2) is 27.3 Å². The van der Waals surface area contributed by atoms with Crippen molar-refractivity contribution in [1.82, 2.24) is 14.8 Å². The van der Waals surface area contributed by atoms with Gasteiger partial charge in [-0.2, -0.15) is 5.26 Å². The number of ether oxygens (including phenoxy) is 1. The van der Waals surface area contributed by atoms with Gasteiger partial charge in [0.25, 0.3) is 0 Å². The minimum absolute atomic E-state index is 0.186. The van der Waals surface area contributed by atoms with Crippen LogP contribution in [0.1, 0.15) is 27.7 Å². The van der Waals surface area contributed by atoms with Crippen LogP contribution in [0.2, 0.25) is 0 Å². The number of anilines is 1. The zero-order valence-corrected chi connectivity index (χ0v) is 19.4. The van der Waals surface area contributed by atoms with Gasteiger partial charge in [0, 0.05) is 22.6 Å². The zero-order valence-electron chi connectivity index (χ0n) is 17.8. The van der Waals surface area contributed by atoms with Gasteiger partial charge in [0.1, 0.15) is 27.6 Å². The van der Waals surface area contributed by atoms with Crippen molar-refractivity contribution in [1.29, 1.82) is 5.26 Å². The van der Waals surface area contributed by atoms with E-state index in [1.54, 1.807) is 35.8 Å². The van der Waals surface area contributed by atoms with Crippen LogP contribution in [-0.2, 0) is 10.5 Å². The molecule has 172 valence electrons. The molecule has 0 saturated carbocycles. The fourth-order valence-corrected chi connectivity index (χ4v) is 5.22. The second kappa shape index (κ2) is 10.0. The Hall–Kier alpha value is -3.75. The van der Waals surface area contributed by atoms with Crippen LogP contribution < -0.4 is 5.73 Å². The number of rotatable bonds is 7.